The number of halogens is 1. The van der Waals surface area contributed by atoms with E-state index < -0.39 is 5.91 Å². The number of hydrogen-bond acceptors (Lipinski definition) is 4. The molecule has 1 saturated heterocycles. The number of benzene rings is 1. The first kappa shape index (κ1) is 25.5. The molecule has 1 amide bonds. The highest BCUT2D eigenvalue weighted by Crippen LogP contribution is 2.15. The van der Waals surface area contributed by atoms with Crippen LogP contribution in [0.3, 0.4) is 0 Å². The van der Waals surface area contributed by atoms with E-state index in [2.05, 4.69) is 27.4 Å². The summed E-state index contributed by atoms with van der Waals surface area (Å²) in [6, 6.07) is 7.70. The lowest BCUT2D eigenvalue weighted by Crippen LogP contribution is -2.40. The van der Waals surface area contributed by atoms with Crippen molar-refractivity contribution >= 4 is 35.8 Å². The molecule has 0 radical (unpaired) electrons. The third kappa shape index (κ3) is 10.7. The SMILES string of the molecule is CN=C(NCCCN1CCC(C)CC1)NCCc1ccc(OCC(N)=O)cc1.I. The first-order chi connectivity index (χ1) is 13.6. The number of primary amides is 1. The van der Waals surface area contributed by atoms with E-state index in [9.17, 15) is 4.79 Å². The van der Waals surface area contributed by atoms with Crippen molar-refractivity contribution in [3.05, 3.63) is 29.8 Å². The number of carbonyl (C=O) groups excluding carboxylic acids is 1. The average molecular weight is 517 g/mol. The van der Waals surface area contributed by atoms with Crippen LogP contribution in [0.25, 0.3) is 0 Å². The Morgan fingerprint density at radius 1 is 1.21 bits per heavy atom. The first-order valence-corrected chi connectivity index (χ1v) is 10.2. The zero-order valence-electron chi connectivity index (χ0n) is 17.7. The highest BCUT2D eigenvalue weighted by Gasteiger charge is 2.14. The summed E-state index contributed by atoms with van der Waals surface area (Å²) in [5.74, 6) is 1.90. The van der Waals surface area contributed by atoms with Crippen molar-refractivity contribution in [2.75, 3.05) is 46.4 Å². The number of likely N-dealkylation sites (tertiary alicyclic amines) is 1. The maximum atomic E-state index is 10.7. The van der Waals surface area contributed by atoms with Crippen molar-refractivity contribution in [2.45, 2.75) is 32.6 Å². The molecular weight excluding hydrogens is 481 g/mol. The Bertz CT molecular complexity index is 616. The summed E-state index contributed by atoms with van der Waals surface area (Å²) < 4.78 is 5.26. The third-order valence-electron chi connectivity index (χ3n) is 5.05. The summed E-state index contributed by atoms with van der Waals surface area (Å²) in [4.78, 5) is 17.6. The Balaban J connectivity index is 0.00000420. The normalized spacial score (nSPS) is 15.4. The van der Waals surface area contributed by atoms with Crippen LogP contribution in [0, 0.1) is 5.92 Å². The van der Waals surface area contributed by atoms with Gasteiger partial charge in [0.05, 0.1) is 0 Å². The number of nitrogens with zero attached hydrogens (tertiary/aromatic N) is 2. The van der Waals surface area contributed by atoms with Gasteiger partial charge in [-0.05, 0) is 68.9 Å². The van der Waals surface area contributed by atoms with E-state index in [0.717, 1.165) is 44.4 Å². The summed E-state index contributed by atoms with van der Waals surface area (Å²) in [5.41, 5.74) is 6.26. The number of carbonyl (C=O) groups is 1. The number of aliphatic imine (C=N–C) groups is 1. The van der Waals surface area contributed by atoms with Crippen LogP contribution in [0.15, 0.2) is 29.3 Å². The second kappa shape index (κ2) is 14.4. The molecule has 1 aliphatic rings. The molecule has 29 heavy (non-hydrogen) atoms. The number of nitrogens with one attached hydrogen (secondary N) is 2. The van der Waals surface area contributed by atoms with Crippen molar-refractivity contribution in [3.8, 4) is 5.75 Å². The molecule has 1 aliphatic heterocycles. The summed E-state index contributed by atoms with van der Waals surface area (Å²) >= 11 is 0. The van der Waals surface area contributed by atoms with Crippen LogP contribution in [0.4, 0.5) is 0 Å². The standard InChI is InChI=1S/C21H35N5O2.HI/c1-17-9-14-26(15-10-17)13-3-11-24-21(23-2)25-12-8-18-4-6-19(7-5-18)28-16-20(22)27;/h4-7,17H,3,8-16H2,1-2H3,(H2,22,27)(H2,23,24,25);1H. The molecule has 7 nitrogen and oxygen atoms in total. The van der Waals surface area contributed by atoms with Crippen LogP contribution in [0.1, 0.15) is 31.7 Å². The van der Waals surface area contributed by atoms with E-state index in [1.165, 1.54) is 31.5 Å². The van der Waals surface area contributed by atoms with Crippen LogP contribution in [-0.2, 0) is 11.2 Å². The Hall–Kier alpha value is -1.55. The fourth-order valence-corrected chi connectivity index (χ4v) is 3.25. The molecule has 1 heterocycles. The zero-order chi connectivity index (χ0) is 20.2. The van der Waals surface area contributed by atoms with Crippen molar-refractivity contribution in [1.82, 2.24) is 15.5 Å². The maximum Gasteiger partial charge on any atom is 0.255 e. The first-order valence-electron chi connectivity index (χ1n) is 10.2. The Kier molecular flexibility index (Phi) is 12.7. The van der Waals surface area contributed by atoms with Crippen LogP contribution in [-0.4, -0.2) is 63.1 Å². The molecule has 0 unspecified atom stereocenters. The molecule has 164 valence electrons. The highest BCUT2D eigenvalue weighted by molar-refractivity contribution is 14.0. The van der Waals surface area contributed by atoms with Gasteiger partial charge in [-0.1, -0.05) is 19.1 Å². The molecule has 0 saturated carbocycles. The Labute approximate surface area is 191 Å². The second-order valence-electron chi connectivity index (χ2n) is 7.45. The minimum atomic E-state index is -0.474. The molecule has 0 aromatic heterocycles. The molecule has 0 atom stereocenters. The van der Waals surface area contributed by atoms with Gasteiger partial charge >= 0.3 is 0 Å². The van der Waals surface area contributed by atoms with Crippen LogP contribution < -0.4 is 21.1 Å². The summed E-state index contributed by atoms with van der Waals surface area (Å²) in [5, 5.41) is 6.74. The van der Waals surface area contributed by atoms with Gasteiger partial charge < -0.3 is 26.0 Å². The van der Waals surface area contributed by atoms with Crippen LogP contribution >= 0.6 is 24.0 Å². The topological polar surface area (TPSA) is 92.0 Å². The quantitative estimate of drug-likeness (QED) is 0.191. The largest absolute Gasteiger partial charge is 0.484 e. The predicted molar refractivity (Wildman–Crippen MR) is 129 cm³/mol. The summed E-state index contributed by atoms with van der Waals surface area (Å²) in [6.45, 7) is 7.60. The summed E-state index contributed by atoms with van der Waals surface area (Å²) in [7, 11) is 1.80. The fourth-order valence-electron chi connectivity index (χ4n) is 3.25. The number of guanidine groups is 1. The smallest absolute Gasteiger partial charge is 0.255 e. The minimum absolute atomic E-state index is 0. The van der Waals surface area contributed by atoms with Gasteiger partial charge in [-0.25, -0.2) is 0 Å². The van der Waals surface area contributed by atoms with Gasteiger partial charge in [-0.2, -0.15) is 0 Å². The molecule has 1 aromatic carbocycles. The average Bonchev–Trinajstić information content (AvgIpc) is 2.70. The van der Waals surface area contributed by atoms with Gasteiger partial charge in [0.2, 0.25) is 0 Å². The lowest BCUT2D eigenvalue weighted by atomic mass is 9.99. The van der Waals surface area contributed by atoms with Crippen molar-refractivity contribution in [2.24, 2.45) is 16.6 Å². The monoisotopic (exact) mass is 517 g/mol. The van der Waals surface area contributed by atoms with E-state index in [4.69, 9.17) is 10.5 Å². The number of nitrogens with two attached hydrogens (primary N) is 1. The number of ether oxygens (including phenoxy) is 1. The number of piperidine rings is 1. The molecule has 0 aliphatic carbocycles. The molecule has 1 aromatic rings. The lowest BCUT2D eigenvalue weighted by molar-refractivity contribution is -0.119. The Morgan fingerprint density at radius 3 is 2.48 bits per heavy atom. The zero-order valence-corrected chi connectivity index (χ0v) is 20.0. The van der Waals surface area contributed by atoms with Gasteiger partial charge in [0, 0.05) is 20.1 Å². The van der Waals surface area contributed by atoms with Gasteiger partial charge in [0.15, 0.2) is 12.6 Å². The molecule has 2 rings (SSSR count). The summed E-state index contributed by atoms with van der Waals surface area (Å²) in [6.07, 6.45) is 4.66. The number of rotatable bonds is 10. The lowest BCUT2D eigenvalue weighted by Gasteiger charge is -2.30. The van der Waals surface area contributed by atoms with Crippen LogP contribution in [0.2, 0.25) is 0 Å². The maximum absolute atomic E-state index is 10.7. The molecule has 0 spiro atoms. The molecule has 0 bridgehead atoms. The minimum Gasteiger partial charge on any atom is -0.484 e. The highest BCUT2D eigenvalue weighted by atomic mass is 127. The van der Waals surface area contributed by atoms with Gasteiger partial charge in [0.25, 0.3) is 5.91 Å². The van der Waals surface area contributed by atoms with Crippen molar-refractivity contribution in [3.63, 3.8) is 0 Å². The van der Waals surface area contributed by atoms with Crippen molar-refractivity contribution in [1.29, 1.82) is 0 Å². The number of amides is 1. The molecule has 1 fully saturated rings. The van der Waals surface area contributed by atoms with E-state index in [-0.39, 0.29) is 30.6 Å². The van der Waals surface area contributed by atoms with E-state index in [0.29, 0.717) is 5.75 Å². The second-order valence-corrected chi connectivity index (χ2v) is 7.45. The third-order valence-corrected chi connectivity index (χ3v) is 5.05. The van der Waals surface area contributed by atoms with E-state index >= 15 is 0 Å². The Morgan fingerprint density at radius 2 is 1.86 bits per heavy atom. The van der Waals surface area contributed by atoms with Crippen LogP contribution in [0.5, 0.6) is 5.75 Å². The number of hydrogen-bond donors (Lipinski definition) is 3. The van der Waals surface area contributed by atoms with Gasteiger partial charge in [-0.3, -0.25) is 9.79 Å². The van der Waals surface area contributed by atoms with Gasteiger partial charge in [0.1, 0.15) is 5.75 Å². The fraction of sp³-hybridized carbons (Fsp3) is 0.619. The van der Waals surface area contributed by atoms with Gasteiger partial charge in [-0.15, -0.1) is 24.0 Å². The molecule has 4 N–H and O–H groups in total. The van der Waals surface area contributed by atoms with E-state index in [1.807, 2.05) is 24.3 Å². The predicted octanol–water partition coefficient (Wildman–Crippen LogP) is 2.00. The molecule has 8 heteroatoms. The molecular formula is C21H36IN5O2. The van der Waals surface area contributed by atoms with E-state index in [1.54, 1.807) is 7.05 Å². The van der Waals surface area contributed by atoms with Crippen molar-refractivity contribution < 1.29 is 9.53 Å².